The summed E-state index contributed by atoms with van der Waals surface area (Å²) in [5.74, 6) is 1.55. The molecule has 10 heteroatoms. The van der Waals surface area contributed by atoms with Gasteiger partial charge in [0.25, 0.3) is 0 Å². The van der Waals surface area contributed by atoms with Crippen LogP contribution in [0, 0.1) is 6.92 Å². The number of hydrogen-bond acceptors (Lipinski definition) is 6. The highest BCUT2D eigenvalue weighted by atomic mass is 35.5. The Bertz CT molecular complexity index is 1670. The van der Waals surface area contributed by atoms with Crippen molar-refractivity contribution in [2.45, 2.75) is 60.2 Å². The van der Waals surface area contributed by atoms with E-state index in [0.717, 1.165) is 16.8 Å². The van der Waals surface area contributed by atoms with E-state index < -0.39 is 11.7 Å². The van der Waals surface area contributed by atoms with Gasteiger partial charge in [0.15, 0.2) is 0 Å². The lowest BCUT2D eigenvalue weighted by molar-refractivity contribution is 0.0576. The van der Waals surface area contributed by atoms with Gasteiger partial charge in [0.2, 0.25) is 0 Å². The number of hydrogen-bond donors (Lipinski definition) is 0. The first-order valence-corrected chi connectivity index (χ1v) is 15.5. The highest BCUT2D eigenvalue weighted by Gasteiger charge is 2.35. The Kier molecular flexibility index (Phi) is 10.8. The van der Waals surface area contributed by atoms with Gasteiger partial charge in [0, 0.05) is 22.3 Å². The molecular formula is C36H41ClN4O5. The Hall–Kier alpha value is -4.76. The van der Waals surface area contributed by atoms with Crippen LogP contribution in [0.2, 0.25) is 5.02 Å². The van der Waals surface area contributed by atoms with E-state index in [4.69, 9.17) is 30.8 Å². The maximum absolute atomic E-state index is 14.0. The Morgan fingerprint density at radius 3 is 2.17 bits per heavy atom. The summed E-state index contributed by atoms with van der Waals surface area (Å²) in [4.78, 5) is 37.3. The molecule has 0 saturated carbocycles. The zero-order chi connectivity index (χ0) is 33.6. The second-order valence-electron chi connectivity index (χ2n) is 11.4. The molecule has 0 bridgehead atoms. The van der Waals surface area contributed by atoms with Gasteiger partial charge < -0.3 is 14.2 Å². The summed E-state index contributed by atoms with van der Waals surface area (Å²) in [5, 5.41) is 0.559. The third kappa shape index (κ3) is 7.72. The summed E-state index contributed by atoms with van der Waals surface area (Å²) in [6, 6.07) is 23.5. The van der Waals surface area contributed by atoms with E-state index in [2.05, 4.69) is 0 Å². The lowest BCUT2D eigenvalue weighted by Gasteiger charge is -2.37. The Labute approximate surface area is 276 Å². The normalized spacial score (nSPS) is 12.5. The minimum atomic E-state index is -0.742. The van der Waals surface area contributed by atoms with Crippen molar-refractivity contribution in [1.82, 2.24) is 4.98 Å². The zero-order valence-electron chi connectivity index (χ0n) is 27.6. The molecule has 0 spiro atoms. The van der Waals surface area contributed by atoms with Crippen LogP contribution in [0.25, 0.3) is 0 Å². The molecule has 4 aromatic rings. The number of anilines is 4. The zero-order valence-corrected chi connectivity index (χ0v) is 28.4. The van der Waals surface area contributed by atoms with Crippen molar-refractivity contribution in [3.63, 3.8) is 0 Å². The number of carbonyl (C=O) groups excluding carboxylic acids is 2. The smallest absolute Gasteiger partial charge is 0.416 e. The van der Waals surface area contributed by atoms with E-state index in [9.17, 15) is 9.59 Å². The molecule has 3 amide bonds. The number of benzene rings is 3. The summed E-state index contributed by atoms with van der Waals surface area (Å²) in [6.45, 7) is 11.7. The van der Waals surface area contributed by atoms with Crippen LogP contribution in [0.15, 0.2) is 78.9 Å². The number of aryl methyl sites for hydroxylation is 1. The van der Waals surface area contributed by atoms with Crippen molar-refractivity contribution in [2.24, 2.45) is 0 Å². The van der Waals surface area contributed by atoms with Crippen LogP contribution in [-0.4, -0.2) is 36.9 Å². The highest BCUT2D eigenvalue weighted by Crippen LogP contribution is 2.38. The van der Waals surface area contributed by atoms with Crippen molar-refractivity contribution < 1.29 is 23.8 Å². The van der Waals surface area contributed by atoms with Crippen LogP contribution >= 0.6 is 11.6 Å². The number of rotatable bonds is 7. The third-order valence-electron chi connectivity index (χ3n) is 7.05. The molecule has 5 rings (SSSR count). The Morgan fingerprint density at radius 1 is 0.913 bits per heavy atom. The van der Waals surface area contributed by atoms with Gasteiger partial charge in [-0.25, -0.2) is 14.6 Å². The van der Waals surface area contributed by atoms with Gasteiger partial charge in [-0.3, -0.25) is 14.7 Å². The van der Waals surface area contributed by atoms with Crippen LogP contribution in [-0.2, 0) is 17.8 Å². The number of halogens is 1. The molecule has 9 nitrogen and oxygen atoms in total. The highest BCUT2D eigenvalue weighted by molar-refractivity contribution is 6.30. The van der Waals surface area contributed by atoms with Gasteiger partial charge in [0.1, 0.15) is 22.9 Å². The van der Waals surface area contributed by atoms with Crippen molar-refractivity contribution in [1.29, 1.82) is 0 Å². The number of carbonyl (C=O) groups is 2. The SMILES string of the molecule is CC.COc1ccc(CN(C(=O)OC(C)(C)C)c2ccc3c(n2)CN(c2ccc(C)cc2)C(=O)N3c2ccc(Cl)cc2)c(OC)c1. The number of fused-ring (bicyclic) bond motifs is 1. The predicted molar refractivity (Wildman–Crippen MR) is 184 cm³/mol. The molecule has 1 aliphatic heterocycles. The van der Waals surface area contributed by atoms with E-state index in [0.29, 0.717) is 39.4 Å². The standard InChI is InChI=1S/C34H35ClN4O5.C2H6/c1-22-7-12-25(13-8-22)37-21-28-29(39(32(37)40)26-14-10-24(35)11-15-26)17-18-31(36-28)38(33(41)44-34(2,3)4)20-23-9-16-27(42-5)19-30(23)43-6;1-2/h7-19H,20-21H2,1-6H3;1-2H3. The minimum absolute atomic E-state index is 0.120. The predicted octanol–water partition coefficient (Wildman–Crippen LogP) is 9.31. The summed E-state index contributed by atoms with van der Waals surface area (Å²) in [7, 11) is 3.14. The van der Waals surface area contributed by atoms with E-state index in [1.54, 1.807) is 72.6 Å². The number of urea groups is 1. The number of pyridine rings is 1. The van der Waals surface area contributed by atoms with Crippen LogP contribution < -0.4 is 24.2 Å². The van der Waals surface area contributed by atoms with Crippen LogP contribution in [0.4, 0.5) is 32.5 Å². The van der Waals surface area contributed by atoms with Crippen LogP contribution in [0.5, 0.6) is 11.5 Å². The first kappa shape index (κ1) is 34.1. The number of amides is 3. The minimum Gasteiger partial charge on any atom is -0.497 e. The number of methoxy groups -OCH3 is 2. The lowest BCUT2D eigenvalue weighted by atomic mass is 10.1. The van der Waals surface area contributed by atoms with E-state index in [1.165, 1.54) is 4.90 Å². The largest absolute Gasteiger partial charge is 0.497 e. The van der Waals surface area contributed by atoms with Gasteiger partial charge in [-0.1, -0.05) is 43.1 Å². The average molecular weight is 645 g/mol. The molecule has 0 fully saturated rings. The molecule has 242 valence electrons. The molecule has 3 aromatic carbocycles. The molecule has 0 saturated heterocycles. The third-order valence-corrected chi connectivity index (χ3v) is 7.30. The number of ether oxygens (including phenoxy) is 3. The first-order valence-electron chi connectivity index (χ1n) is 15.1. The summed E-state index contributed by atoms with van der Waals surface area (Å²) in [5.41, 5.74) is 3.65. The Morgan fingerprint density at radius 2 is 1.57 bits per heavy atom. The quantitative estimate of drug-likeness (QED) is 0.199. The monoisotopic (exact) mass is 644 g/mol. The molecule has 0 atom stereocenters. The summed E-state index contributed by atoms with van der Waals surface area (Å²) >= 11 is 6.17. The molecular weight excluding hydrogens is 604 g/mol. The maximum Gasteiger partial charge on any atom is 0.416 e. The second-order valence-corrected chi connectivity index (χ2v) is 11.8. The molecule has 0 aliphatic carbocycles. The fourth-order valence-electron chi connectivity index (χ4n) is 4.87. The lowest BCUT2D eigenvalue weighted by Crippen LogP contribution is -2.45. The van der Waals surface area contributed by atoms with Crippen LogP contribution in [0.1, 0.15) is 51.4 Å². The van der Waals surface area contributed by atoms with Gasteiger partial charge in [-0.05, 0) is 88.4 Å². The summed E-state index contributed by atoms with van der Waals surface area (Å²) in [6.07, 6.45) is -0.570. The topological polar surface area (TPSA) is 84.4 Å². The van der Waals surface area contributed by atoms with Gasteiger partial charge in [0.05, 0.1) is 44.4 Å². The Balaban J connectivity index is 0.00000235. The molecule has 0 N–H and O–H groups in total. The molecule has 1 aromatic heterocycles. The molecule has 0 radical (unpaired) electrons. The fraction of sp³-hybridized carbons (Fsp3) is 0.306. The number of aromatic nitrogens is 1. The average Bonchev–Trinajstić information content (AvgIpc) is 3.04. The fourth-order valence-corrected chi connectivity index (χ4v) is 4.99. The van der Waals surface area contributed by atoms with Crippen LogP contribution in [0.3, 0.4) is 0 Å². The van der Waals surface area contributed by atoms with Gasteiger partial charge in [-0.2, -0.15) is 0 Å². The first-order chi connectivity index (χ1) is 22.0. The van der Waals surface area contributed by atoms with E-state index in [1.807, 2.05) is 71.9 Å². The van der Waals surface area contributed by atoms with Crippen molar-refractivity contribution >= 4 is 46.6 Å². The molecule has 46 heavy (non-hydrogen) atoms. The van der Waals surface area contributed by atoms with Crippen molar-refractivity contribution in [2.75, 3.05) is 28.9 Å². The van der Waals surface area contributed by atoms with Crippen molar-refractivity contribution in [3.8, 4) is 11.5 Å². The molecule has 2 heterocycles. The molecule has 1 aliphatic rings. The van der Waals surface area contributed by atoms with E-state index >= 15 is 0 Å². The van der Waals surface area contributed by atoms with Gasteiger partial charge >= 0.3 is 12.1 Å². The van der Waals surface area contributed by atoms with E-state index in [-0.39, 0.29) is 19.1 Å². The maximum atomic E-state index is 14.0. The second kappa shape index (κ2) is 14.6. The summed E-state index contributed by atoms with van der Waals surface area (Å²) < 4.78 is 16.8. The number of nitrogens with zero attached hydrogens (tertiary/aromatic N) is 4. The van der Waals surface area contributed by atoms with Gasteiger partial charge in [-0.15, -0.1) is 0 Å². The molecule has 0 unspecified atom stereocenters. The van der Waals surface area contributed by atoms with Crippen molar-refractivity contribution in [3.05, 3.63) is 101 Å².